The van der Waals surface area contributed by atoms with Crippen molar-refractivity contribution in [2.75, 3.05) is 24.3 Å². The summed E-state index contributed by atoms with van der Waals surface area (Å²) in [6.45, 7) is 3.06. The SMILES string of the molecule is COC(=O)c1cc(N)cc(Cl)c1N1CCCCCC1C. The van der Waals surface area contributed by atoms with E-state index in [1.54, 1.807) is 12.1 Å². The maximum absolute atomic E-state index is 12.0. The summed E-state index contributed by atoms with van der Waals surface area (Å²) >= 11 is 6.36. The third kappa shape index (κ3) is 3.01. The van der Waals surface area contributed by atoms with Gasteiger partial charge in [0.2, 0.25) is 0 Å². The van der Waals surface area contributed by atoms with E-state index in [2.05, 4.69) is 11.8 Å². The fourth-order valence-corrected chi connectivity index (χ4v) is 3.12. The maximum Gasteiger partial charge on any atom is 0.340 e. The largest absolute Gasteiger partial charge is 0.465 e. The smallest absolute Gasteiger partial charge is 0.340 e. The molecular formula is C15H21ClN2O2. The molecule has 0 aromatic heterocycles. The molecule has 1 atom stereocenters. The highest BCUT2D eigenvalue weighted by molar-refractivity contribution is 6.34. The second-order valence-corrected chi connectivity index (χ2v) is 5.69. The first-order valence-electron chi connectivity index (χ1n) is 6.98. The van der Waals surface area contributed by atoms with E-state index < -0.39 is 5.97 Å². The monoisotopic (exact) mass is 296 g/mol. The van der Waals surface area contributed by atoms with Crippen LogP contribution in [0.25, 0.3) is 0 Å². The molecule has 0 saturated carbocycles. The van der Waals surface area contributed by atoms with Crippen molar-refractivity contribution in [3.8, 4) is 0 Å². The lowest BCUT2D eigenvalue weighted by Crippen LogP contribution is -2.34. The van der Waals surface area contributed by atoms with Gasteiger partial charge in [0.05, 0.1) is 23.4 Å². The normalized spacial score (nSPS) is 19.6. The standard InChI is InChI=1S/C15H21ClN2O2/c1-10-6-4-3-5-7-18(10)14-12(15(19)20-2)8-11(17)9-13(14)16/h8-10H,3-7,17H2,1-2H3. The average molecular weight is 297 g/mol. The Balaban J connectivity index is 2.50. The van der Waals surface area contributed by atoms with Gasteiger partial charge in [0, 0.05) is 18.3 Å². The summed E-state index contributed by atoms with van der Waals surface area (Å²) < 4.78 is 4.86. The first-order valence-corrected chi connectivity index (χ1v) is 7.36. The number of carbonyl (C=O) groups is 1. The predicted octanol–water partition coefficient (Wildman–Crippen LogP) is 3.48. The fourth-order valence-electron chi connectivity index (χ4n) is 2.78. The quantitative estimate of drug-likeness (QED) is 0.670. The molecule has 1 aromatic rings. The zero-order chi connectivity index (χ0) is 14.7. The van der Waals surface area contributed by atoms with Crippen LogP contribution in [0.1, 0.15) is 43.0 Å². The van der Waals surface area contributed by atoms with Gasteiger partial charge in [-0.25, -0.2) is 4.79 Å². The second-order valence-electron chi connectivity index (χ2n) is 5.28. The van der Waals surface area contributed by atoms with Gasteiger partial charge in [-0.1, -0.05) is 24.4 Å². The van der Waals surface area contributed by atoms with Crippen LogP contribution in [0.4, 0.5) is 11.4 Å². The number of benzene rings is 1. The molecular weight excluding hydrogens is 276 g/mol. The minimum absolute atomic E-state index is 0.349. The van der Waals surface area contributed by atoms with E-state index in [0.717, 1.165) is 25.1 Å². The van der Waals surface area contributed by atoms with Gasteiger partial charge in [-0.05, 0) is 31.9 Å². The fraction of sp³-hybridized carbons (Fsp3) is 0.533. The summed E-state index contributed by atoms with van der Waals surface area (Å²) in [7, 11) is 1.37. The number of anilines is 2. The number of rotatable bonds is 2. The number of esters is 1. The Morgan fingerprint density at radius 1 is 1.40 bits per heavy atom. The molecule has 1 saturated heterocycles. The molecule has 1 unspecified atom stereocenters. The van der Waals surface area contributed by atoms with E-state index in [1.165, 1.54) is 20.0 Å². The summed E-state index contributed by atoms with van der Waals surface area (Å²) in [4.78, 5) is 14.2. The van der Waals surface area contributed by atoms with Crippen molar-refractivity contribution in [2.45, 2.75) is 38.6 Å². The summed E-state index contributed by atoms with van der Waals surface area (Å²) in [6, 6.07) is 3.69. The highest BCUT2D eigenvalue weighted by Gasteiger charge is 2.25. The van der Waals surface area contributed by atoms with E-state index >= 15 is 0 Å². The molecule has 0 radical (unpaired) electrons. The number of nitrogens with two attached hydrogens (primary N) is 1. The number of nitrogen functional groups attached to an aromatic ring is 1. The van der Waals surface area contributed by atoms with Crippen LogP contribution in [0.15, 0.2) is 12.1 Å². The van der Waals surface area contributed by atoms with Gasteiger partial charge in [-0.2, -0.15) is 0 Å². The Kier molecular flexibility index (Phi) is 4.76. The second kappa shape index (κ2) is 6.35. The third-order valence-electron chi connectivity index (χ3n) is 3.83. The molecule has 1 fully saturated rings. The summed E-state index contributed by atoms with van der Waals surface area (Å²) in [5, 5.41) is 0.513. The third-order valence-corrected chi connectivity index (χ3v) is 4.12. The molecule has 2 N–H and O–H groups in total. The van der Waals surface area contributed by atoms with Crippen LogP contribution in [0.5, 0.6) is 0 Å². The molecule has 0 bridgehead atoms. The van der Waals surface area contributed by atoms with Gasteiger partial charge in [0.1, 0.15) is 0 Å². The number of hydrogen-bond donors (Lipinski definition) is 1. The Hall–Kier alpha value is -1.42. The number of halogens is 1. The number of methoxy groups -OCH3 is 1. The molecule has 0 amide bonds. The number of carbonyl (C=O) groups excluding carboxylic acids is 1. The number of nitrogens with zero attached hydrogens (tertiary/aromatic N) is 1. The molecule has 20 heavy (non-hydrogen) atoms. The van der Waals surface area contributed by atoms with Crippen LogP contribution in [-0.4, -0.2) is 25.7 Å². The van der Waals surface area contributed by atoms with E-state index in [4.69, 9.17) is 22.1 Å². The van der Waals surface area contributed by atoms with Crippen LogP contribution >= 0.6 is 11.6 Å². The van der Waals surface area contributed by atoms with E-state index in [0.29, 0.717) is 22.3 Å². The van der Waals surface area contributed by atoms with Crippen molar-refractivity contribution in [2.24, 2.45) is 0 Å². The lowest BCUT2D eigenvalue weighted by Gasteiger charge is -2.31. The van der Waals surface area contributed by atoms with Crippen molar-refractivity contribution in [1.29, 1.82) is 0 Å². The summed E-state index contributed by atoms with van der Waals surface area (Å²) in [5.74, 6) is -0.398. The van der Waals surface area contributed by atoms with Gasteiger partial charge >= 0.3 is 5.97 Å². The zero-order valence-electron chi connectivity index (χ0n) is 12.0. The minimum atomic E-state index is -0.398. The van der Waals surface area contributed by atoms with Crippen molar-refractivity contribution in [3.05, 3.63) is 22.7 Å². The minimum Gasteiger partial charge on any atom is -0.465 e. The van der Waals surface area contributed by atoms with E-state index in [9.17, 15) is 4.79 Å². The summed E-state index contributed by atoms with van der Waals surface area (Å²) in [6.07, 6.45) is 4.62. The zero-order valence-corrected chi connectivity index (χ0v) is 12.7. The highest BCUT2D eigenvalue weighted by Crippen LogP contribution is 2.36. The number of hydrogen-bond acceptors (Lipinski definition) is 4. The van der Waals surface area contributed by atoms with Crippen molar-refractivity contribution >= 4 is 28.9 Å². The van der Waals surface area contributed by atoms with Crippen molar-refractivity contribution < 1.29 is 9.53 Å². The van der Waals surface area contributed by atoms with Crippen LogP contribution in [0, 0.1) is 0 Å². The average Bonchev–Trinajstić information content (AvgIpc) is 2.62. The molecule has 0 spiro atoms. The molecule has 5 heteroatoms. The van der Waals surface area contributed by atoms with Crippen LogP contribution in [0.2, 0.25) is 5.02 Å². The van der Waals surface area contributed by atoms with Gasteiger partial charge in [-0.15, -0.1) is 0 Å². The topological polar surface area (TPSA) is 55.6 Å². The first-order chi connectivity index (χ1) is 9.54. The van der Waals surface area contributed by atoms with Gasteiger partial charge in [0.25, 0.3) is 0 Å². The van der Waals surface area contributed by atoms with E-state index in [-0.39, 0.29) is 0 Å². The van der Waals surface area contributed by atoms with Crippen molar-refractivity contribution in [1.82, 2.24) is 0 Å². The van der Waals surface area contributed by atoms with Gasteiger partial charge < -0.3 is 15.4 Å². The van der Waals surface area contributed by atoms with Gasteiger partial charge in [-0.3, -0.25) is 0 Å². The van der Waals surface area contributed by atoms with Crippen molar-refractivity contribution in [3.63, 3.8) is 0 Å². The molecule has 4 nitrogen and oxygen atoms in total. The highest BCUT2D eigenvalue weighted by atomic mass is 35.5. The Bertz CT molecular complexity index is 505. The molecule has 2 rings (SSSR count). The Morgan fingerprint density at radius 2 is 2.15 bits per heavy atom. The molecule has 0 aliphatic carbocycles. The molecule has 1 aliphatic heterocycles. The predicted molar refractivity (Wildman–Crippen MR) is 82.5 cm³/mol. The van der Waals surface area contributed by atoms with Gasteiger partial charge in [0.15, 0.2) is 0 Å². The number of ether oxygens (including phenoxy) is 1. The Labute approximate surface area is 124 Å². The lowest BCUT2D eigenvalue weighted by atomic mass is 10.1. The first kappa shape index (κ1) is 15.0. The van der Waals surface area contributed by atoms with Crippen LogP contribution < -0.4 is 10.6 Å². The molecule has 1 aliphatic rings. The van der Waals surface area contributed by atoms with Crippen LogP contribution in [0.3, 0.4) is 0 Å². The molecule has 1 aromatic carbocycles. The lowest BCUT2D eigenvalue weighted by molar-refractivity contribution is 0.0601. The summed E-state index contributed by atoms with van der Waals surface area (Å²) in [5.41, 5.74) is 7.48. The maximum atomic E-state index is 12.0. The van der Waals surface area contributed by atoms with Crippen LogP contribution in [-0.2, 0) is 4.74 Å². The molecule has 1 heterocycles. The molecule has 110 valence electrons. The Morgan fingerprint density at radius 3 is 2.85 bits per heavy atom. The van der Waals surface area contributed by atoms with E-state index in [1.807, 2.05) is 0 Å².